The zero-order chi connectivity index (χ0) is 20.1. The summed E-state index contributed by atoms with van der Waals surface area (Å²) in [5.41, 5.74) is 0.209. The minimum absolute atomic E-state index is 0.0230. The van der Waals surface area contributed by atoms with Crippen LogP contribution in [0, 0.1) is 0 Å². The molecule has 0 N–H and O–H groups in total. The van der Waals surface area contributed by atoms with Crippen molar-refractivity contribution in [2.75, 3.05) is 53.0 Å². The molecule has 9 heteroatoms. The van der Waals surface area contributed by atoms with Crippen LogP contribution in [0.4, 0.5) is 0 Å². The minimum Gasteiger partial charge on any atom is -0.495 e. The number of morpholine rings is 1. The second-order valence-corrected chi connectivity index (χ2v) is 8.85. The quantitative estimate of drug-likeness (QED) is 0.652. The predicted octanol–water partition coefficient (Wildman–Crippen LogP) is 1.36. The van der Waals surface area contributed by atoms with Gasteiger partial charge in [-0.05, 0) is 44.1 Å². The monoisotopic (exact) mass is 412 g/mol. The lowest BCUT2D eigenvalue weighted by molar-refractivity contribution is 0.00771. The van der Waals surface area contributed by atoms with Crippen LogP contribution in [0.2, 0.25) is 0 Å². The summed E-state index contributed by atoms with van der Waals surface area (Å²) in [6.45, 7) is 5.95. The lowest BCUT2D eigenvalue weighted by Gasteiger charge is -2.31. The number of ether oxygens (including phenoxy) is 3. The summed E-state index contributed by atoms with van der Waals surface area (Å²) in [5, 5.41) is 0. The summed E-state index contributed by atoms with van der Waals surface area (Å²) in [4.78, 5) is 14.9. The van der Waals surface area contributed by atoms with Gasteiger partial charge < -0.3 is 14.2 Å². The fraction of sp³-hybridized carbons (Fsp3) is 0.632. The van der Waals surface area contributed by atoms with E-state index in [-0.39, 0.29) is 35.4 Å². The number of carbonyl (C=O) groups excluding carboxylic acids is 1. The molecule has 0 aromatic heterocycles. The first-order valence-electron chi connectivity index (χ1n) is 9.65. The standard InChI is InChI=1S/C19H28N2O6S/c1-3-20-8-4-5-16(14-20)27-19(22)15-6-7-17(25-2)18(13-15)28(23,24)21-9-11-26-12-10-21/h6-7,13,16H,3-5,8-12,14H2,1-2H3. The number of likely N-dealkylation sites (tertiary alicyclic amines) is 1. The number of likely N-dealkylation sites (N-methyl/N-ethyl adjacent to an activating group) is 1. The van der Waals surface area contributed by atoms with Crippen LogP contribution in [0.3, 0.4) is 0 Å². The van der Waals surface area contributed by atoms with Gasteiger partial charge in [0, 0.05) is 19.6 Å². The average molecular weight is 413 g/mol. The van der Waals surface area contributed by atoms with E-state index in [1.54, 1.807) is 6.07 Å². The van der Waals surface area contributed by atoms with Crippen LogP contribution in [0.5, 0.6) is 5.75 Å². The van der Waals surface area contributed by atoms with Crippen LogP contribution in [0.15, 0.2) is 23.1 Å². The van der Waals surface area contributed by atoms with E-state index in [0.717, 1.165) is 25.9 Å². The van der Waals surface area contributed by atoms with Crippen LogP contribution in [-0.4, -0.2) is 82.7 Å². The normalized spacial score (nSPS) is 22.0. The molecule has 8 nitrogen and oxygen atoms in total. The van der Waals surface area contributed by atoms with Crippen LogP contribution in [0.25, 0.3) is 0 Å². The van der Waals surface area contributed by atoms with E-state index < -0.39 is 16.0 Å². The number of nitrogens with zero attached hydrogens (tertiary/aromatic N) is 2. The molecule has 3 rings (SSSR count). The Morgan fingerprint density at radius 2 is 2.00 bits per heavy atom. The number of rotatable bonds is 6. The van der Waals surface area contributed by atoms with Gasteiger partial charge in [-0.15, -0.1) is 0 Å². The van der Waals surface area contributed by atoms with Gasteiger partial charge in [-0.2, -0.15) is 4.31 Å². The Balaban J connectivity index is 1.81. The van der Waals surface area contributed by atoms with Gasteiger partial charge in [0.1, 0.15) is 16.7 Å². The predicted molar refractivity (Wildman–Crippen MR) is 103 cm³/mol. The van der Waals surface area contributed by atoms with E-state index in [0.29, 0.717) is 19.8 Å². The molecule has 1 aromatic rings. The van der Waals surface area contributed by atoms with Crippen molar-refractivity contribution >= 4 is 16.0 Å². The maximum Gasteiger partial charge on any atom is 0.338 e. The molecule has 0 radical (unpaired) electrons. The minimum atomic E-state index is -3.79. The maximum atomic E-state index is 13.0. The second kappa shape index (κ2) is 9.21. The van der Waals surface area contributed by atoms with E-state index in [1.165, 1.54) is 23.5 Å². The number of carbonyl (C=O) groups is 1. The van der Waals surface area contributed by atoms with Gasteiger partial charge in [0.05, 0.1) is 25.9 Å². The molecular weight excluding hydrogens is 384 g/mol. The van der Waals surface area contributed by atoms with Crippen molar-refractivity contribution in [3.63, 3.8) is 0 Å². The number of piperidine rings is 1. The van der Waals surface area contributed by atoms with Crippen molar-refractivity contribution in [2.24, 2.45) is 0 Å². The van der Waals surface area contributed by atoms with Gasteiger partial charge in [0.15, 0.2) is 0 Å². The van der Waals surface area contributed by atoms with Crippen LogP contribution >= 0.6 is 0 Å². The first-order chi connectivity index (χ1) is 13.5. The number of hydrogen-bond acceptors (Lipinski definition) is 7. The molecule has 2 aliphatic heterocycles. The Hall–Kier alpha value is -1.68. The van der Waals surface area contributed by atoms with E-state index >= 15 is 0 Å². The summed E-state index contributed by atoms with van der Waals surface area (Å²) >= 11 is 0. The van der Waals surface area contributed by atoms with Crippen molar-refractivity contribution in [3.8, 4) is 5.75 Å². The molecule has 0 saturated carbocycles. The van der Waals surface area contributed by atoms with Crippen LogP contribution < -0.4 is 4.74 Å². The van der Waals surface area contributed by atoms with Crippen molar-refractivity contribution < 1.29 is 27.4 Å². The van der Waals surface area contributed by atoms with E-state index in [1.807, 2.05) is 0 Å². The zero-order valence-electron chi connectivity index (χ0n) is 16.4. The fourth-order valence-electron chi connectivity index (χ4n) is 3.55. The zero-order valence-corrected chi connectivity index (χ0v) is 17.2. The molecule has 1 unspecified atom stereocenters. The molecule has 0 spiro atoms. The molecule has 28 heavy (non-hydrogen) atoms. The highest BCUT2D eigenvalue weighted by atomic mass is 32.2. The SMILES string of the molecule is CCN1CCCC(OC(=O)c2ccc(OC)c(S(=O)(=O)N3CCOCC3)c2)C1. The largest absolute Gasteiger partial charge is 0.495 e. The smallest absolute Gasteiger partial charge is 0.338 e. The van der Waals surface area contributed by atoms with Gasteiger partial charge in [-0.25, -0.2) is 13.2 Å². The first kappa shape index (κ1) is 21.0. The third kappa shape index (κ3) is 4.65. The van der Waals surface area contributed by atoms with Crippen molar-refractivity contribution in [1.82, 2.24) is 9.21 Å². The molecule has 2 fully saturated rings. The summed E-state index contributed by atoms with van der Waals surface area (Å²) in [6, 6.07) is 4.40. The average Bonchev–Trinajstić information content (AvgIpc) is 2.74. The Morgan fingerprint density at radius 1 is 1.25 bits per heavy atom. The van der Waals surface area contributed by atoms with Gasteiger partial charge in [-0.1, -0.05) is 6.92 Å². The van der Waals surface area contributed by atoms with Crippen molar-refractivity contribution in [1.29, 1.82) is 0 Å². The molecule has 2 aliphatic rings. The molecule has 0 amide bonds. The van der Waals surface area contributed by atoms with E-state index in [9.17, 15) is 13.2 Å². The van der Waals surface area contributed by atoms with Crippen LogP contribution in [-0.2, 0) is 19.5 Å². The Kier molecular flexibility index (Phi) is 6.92. The number of hydrogen-bond donors (Lipinski definition) is 0. The number of sulfonamides is 1. The highest BCUT2D eigenvalue weighted by molar-refractivity contribution is 7.89. The Labute approximate surface area is 166 Å². The Morgan fingerprint density at radius 3 is 2.68 bits per heavy atom. The number of esters is 1. The molecular formula is C19H28N2O6S. The third-order valence-corrected chi connectivity index (χ3v) is 7.09. The molecule has 1 aromatic carbocycles. The van der Waals surface area contributed by atoms with E-state index in [2.05, 4.69) is 11.8 Å². The number of methoxy groups -OCH3 is 1. The summed E-state index contributed by atoms with van der Waals surface area (Å²) < 4.78 is 43.6. The fourth-order valence-corrected chi connectivity index (χ4v) is 5.14. The molecule has 2 heterocycles. The van der Waals surface area contributed by atoms with Crippen molar-refractivity contribution in [2.45, 2.75) is 30.8 Å². The third-order valence-electron chi connectivity index (χ3n) is 5.17. The summed E-state index contributed by atoms with van der Waals surface area (Å²) in [5.74, 6) is -0.304. The highest BCUT2D eigenvalue weighted by Gasteiger charge is 2.31. The molecule has 2 saturated heterocycles. The second-order valence-electron chi connectivity index (χ2n) is 6.94. The van der Waals surface area contributed by atoms with Crippen molar-refractivity contribution in [3.05, 3.63) is 23.8 Å². The summed E-state index contributed by atoms with van der Waals surface area (Å²) in [6.07, 6.45) is 1.62. The van der Waals surface area contributed by atoms with Crippen LogP contribution in [0.1, 0.15) is 30.1 Å². The molecule has 0 bridgehead atoms. The summed E-state index contributed by atoms with van der Waals surface area (Å²) in [7, 11) is -2.38. The topological polar surface area (TPSA) is 85.4 Å². The van der Waals surface area contributed by atoms with Gasteiger partial charge in [0.25, 0.3) is 0 Å². The molecule has 1 atom stereocenters. The molecule has 156 valence electrons. The van der Waals surface area contributed by atoms with E-state index in [4.69, 9.17) is 14.2 Å². The highest BCUT2D eigenvalue weighted by Crippen LogP contribution is 2.29. The lowest BCUT2D eigenvalue weighted by Crippen LogP contribution is -2.41. The maximum absolute atomic E-state index is 13.0. The first-order valence-corrected chi connectivity index (χ1v) is 11.1. The lowest BCUT2D eigenvalue weighted by atomic mass is 10.1. The Bertz CT molecular complexity index is 792. The van der Waals surface area contributed by atoms with Gasteiger partial charge in [0.2, 0.25) is 10.0 Å². The number of benzene rings is 1. The molecule has 0 aliphatic carbocycles. The van der Waals surface area contributed by atoms with Gasteiger partial charge in [-0.3, -0.25) is 4.90 Å². The van der Waals surface area contributed by atoms with Gasteiger partial charge >= 0.3 is 5.97 Å².